The average molecular weight is 303 g/mol. The second-order valence-corrected chi connectivity index (χ2v) is 5.24. The Morgan fingerprint density at radius 2 is 1.74 bits per heavy atom. The number of amides is 1. The van der Waals surface area contributed by atoms with E-state index in [9.17, 15) is 4.79 Å². The van der Waals surface area contributed by atoms with E-state index in [4.69, 9.17) is 0 Å². The van der Waals surface area contributed by atoms with E-state index in [1.54, 1.807) is 12.3 Å². The van der Waals surface area contributed by atoms with E-state index in [0.29, 0.717) is 5.69 Å². The predicted molar refractivity (Wildman–Crippen MR) is 89.0 cm³/mol. The van der Waals surface area contributed by atoms with Crippen molar-refractivity contribution in [2.45, 2.75) is 13.0 Å². The van der Waals surface area contributed by atoms with Gasteiger partial charge in [-0.15, -0.1) is 0 Å². The summed E-state index contributed by atoms with van der Waals surface area (Å²) in [4.78, 5) is 21.2. The summed E-state index contributed by atoms with van der Waals surface area (Å²) in [6.07, 6.45) is 1.72. The third-order valence-corrected chi connectivity index (χ3v) is 3.51. The molecule has 0 aliphatic heterocycles. The predicted octanol–water partition coefficient (Wildman–Crippen LogP) is 3.30. The molecule has 0 saturated heterocycles. The van der Waals surface area contributed by atoms with Crippen LogP contribution in [0.1, 0.15) is 33.5 Å². The number of nitrogens with one attached hydrogen (secondary N) is 1. The van der Waals surface area contributed by atoms with Gasteiger partial charge in [-0.3, -0.25) is 9.78 Å². The molecule has 114 valence electrons. The number of aromatic nitrogens is 2. The fraction of sp³-hybridized carbons (Fsp3) is 0.105. The van der Waals surface area contributed by atoms with Crippen LogP contribution in [0.3, 0.4) is 0 Å². The number of carbonyl (C=O) groups is 1. The topological polar surface area (TPSA) is 54.9 Å². The first kappa shape index (κ1) is 14.9. The summed E-state index contributed by atoms with van der Waals surface area (Å²) >= 11 is 0. The van der Waals surface area contributed by atoms with Gasteiger partial charge in [-0.2, -0.15) is 0 Å². The molecule has 0 bridgehead atoms. The van der Waals surface area contributed by atoms with Crippen LogP contribution >= 0.6 is 0 Å². The Hall–Kier alpha value is -3.01. The molecule has 1 atom stereocenters. The van der Waals surface area contributed by atoms with Gasteiger partial charge in [-0.1, -0.05) is 42.5 Å². The minimum atomic E-state index is -0.313. The van der Waals surface area contributed by atoms with Crippen molar-refractivity contribution in [3.05, 3.63) is 95.6 Å². The Morgan fingerprint density at radius 3 is 2.43 bits per heavy atom. The van der Waals surface area contributed by atoms with E-state index in [1.165, 1.54) is 0 Å². The van der Waals surface area contributed by atoms with Crippen molar-refractivity contribution in [3.63, 3.8) is 0 Å². The summed E-state index contributed by atoms with van der Waals surface area (Å²) in [6, 6.07) is 20.6. The normalized spacial score (nSPS) is 11.7. The maximum absolute atomic E-state index is 12.6. The van der Waals surface area contributed by atoms with Gasteiger partial charge in [0, 0.05) is 11.9 Å². The molecule has 1 aromatic carbocycles. The lowest BCUT2D eigenvalue weighted by atomic mass is 10.0. The van der Waals surface area contributed by atoms with Crippen LogP contribution in [0.5, 0.6) is 0 Å². The van der Waals surface area contributed by atoms with Gasteiger partial charge in [0.2, 0.25) is 0 Å². The molecule has 4 heteroatoms. The lowest BCUT2D eigenvalue weighted by Gasteiger charge is -2.18. The molecule has 2 aromatic heterocycles. The van der Waals surface area contributed by atoms with Gasteiger partial charge in [0.05, 0.1) is 11.7 Å². The van der Waals surface area contributed by atoms with Crippen LogP contribution in [0.15, 0.2) is 72.9 Å². The quantitative estimate of drug-likeness (QED) is 0.804. The van der Waals surface area contributed by atoms with E-state index in [2.05, 4.69) is 15.3 Å². The number of carbonyl (C=O) groups excluding carboxylic acids is 1. The Kier molecular flexibility index (Phi) is 4.43. The number of benzene rings is 1. The van der Waals surface area contributed by atoms with Crippen molar-refractivity contribution >= 4 is 5.91 Å². The van der Waals surface area contributed by atoms with E-state index in [1.807, 2.05) is 67.6 Å². The van der Waals surface area contributed by atoms with Crippen LogP contribution in [-0.4, -0.2) is 15.9 Å². The summed E-state index contributed by atoms with van der Waals surface area (Å²) in [7, 11) is 0. The maximum Gasteiger partial charge on any atom is 0.270 e. The van der Waals surface area contributed by atoms with Gasteiger partial charge >= 0.3 is 0 Å². The zero-order valence-electron chi connectivity index (χ0n) is 12.8. The number of pyridine rings is 2. The van der Waals surface area contributed by atoms with Crippen molar-refractivity contribution < 1.29 is 4.79 Å². The van der Waals surface area contributed by atoms with Gasteiger partial charge in [0.1, 0.15) is 5.69 Å². The molecular weight excluding hydrogens is 286 g/mol. The third kappa shape index (κ3) is 3.61. The van der Waals surface area contributed by atoms with E-state index in [0.717, 1.165) is 17.0 Å². The van der Waals surface area contributed by atoms with Crippen LogP contribution in [0.4, 0.5) is 0 Å². The monoisotopic (exact) mass is 303 g/mol. The Morgan fingerprint density at radius 1 is 0.957 bits per heavy atom. The Bertz CT molecular complexity index is 748. The zero-order valence-corrected chi connectivity index (χ0v) is 12.8. The second-order valence-electron chi connectivity index (χ2n) is 5.24. The van der Waals surface area contributed by atoms with Gasteiger partial charge in [0.15, 0.2) is 0 Å². The Labute approximate surface area is 135 Å². The van der Waals surface area contributed by atoms with Crippen LogP contribution < -0.4 is 5.32 Å². The molecule has 3 aromatic rings. The largest absolute Gasteiger partial charge is 0.338 e. The van der Waals surface area contributed by atoms with Crippen molar-refractivity contribution in [2.24, 2.45) is 0 Å². The second kappa shape index (κ2) is 6.83. The van der Waals surface area contributed by atoms with E-state index < -0.39 is 0 Å². The van der Waals surface area contributed by atoms with Crippen LogP contribution in [0.25, 0.3) is 0 Å². The summed E-state index contributed by atoms with van der Waals surface area (Å²) in [5.74, 6) is -0.215. The molecule has 0 saturated carbocycles. The summed E-state index contributed by atoms with van der Waals surface area (Å²) in [6.45, 7) is 1.87. The highest BCUT2D eigenvalue weighted by Crippen LogP contribution is 2.20. The van der Waals surface area contributed by atoms with Gasteiger partial charge in [-0.25, -0.2) is 4.98 Å². The number of rotatable bonds is 4. The third-order valence-electron chi connectivity index (χ3n) is 3.51. The summed E-state index contributed by atoms with van der Waals surface area (Å²) in [5.41, 5.74) is 2.99. The van der Waals surface area contributed by atoms with Gasteiger partial charge in [0.25, 0.3) is 5.91 Å². The highest BCUT2D eigenvalue weighted by molar-refractivity contribution is 5.92. The molecule has 0 fully saturated rings. The standard InChI is InChI=1S/C19H17N3O/c1-14-8-7-12-17(21-14)19(23)22-18(15-9-3-2-4-10-15)16-11-5-6-13-20-16/h2-13,18H,1H3,(H,22,23). The zero-order chi connectivity index (χ0) is 16.1. The number of aryl methyl sites for hydroxylation is 1. The maximum atomic E-state index is 12.6. The molecule has 0 spiro atoms. The van der Waals surface area contributed by atoms with E-state index in [-0.39, 0.29) is 11.9 Å². The van der Waals surface area contributed by atoms with Gasteiger partial charge < -0.3 is 5.32 Å². The summed E-state index contributed by atoms with van der Waals surface area (Å²) < 4.78 is 0. The molecule has 23 heavy (non-hydrogen) atoms. The van der Waals surface area contributed by atoms with Crippen LogP contribution in [0.2, 0.25) is 0 Å². The molecule has 1 unspecified atom stereocenters. The molecule has 3 rings (SSSR count). The van der Waals surface area contributed by atoms with Crippen LogP contribution in [-0.2, 0) is 0 Å². The molecule has 4 nitrogen and oxygen atoms in total. The molecule has 1 amide bonds. The number of hydrogen-bond acceptors (Lipinski definition) is 3. The fourth-order valence-corrected chi connectivity index (χ4v) is 2.39. The number of nitrogens with zero attached hydrogens (tertiary/aromatic N) is 2. The highest BCUT2D eigenvalue weighted by Gasteiger charge is 2.19. The van der Waals surface area contributed by atoms with Gasteiger partial charge in [-0.05, 0) is 36.8 Å². The SMILES string of the molecule is Cc1cccc(C(=O)NC(c2ccccc2)c2ccccn2)n1. The van der Waals surface area contributed by atoms with Crippen molar-refractivity contribution in [3.8, 4) is 0 Å². The smallest absolute Gasteiger partial charge is 0.270 e. The minimum Gasteiger partial charge on any atom is -0.338 e. The average Bonchev–Trinajstić information content (AvgIpc) is 2.61. The first-order chi connectivity index (χ1) is 11.2. The van der Waals surface area contributed by atoms with Crippen LogP contribution in [0, 0.1) is 6.92 Å². The molecule has 0 aliphatic carbocycles. The first-order valence-electron chi connectivity index (χ1n) is 7.44. The lowest BCUT2D eigenvalue weighted by molar-refractivity contribution is 0.0937. The molecule has 1 N–H and O–H groups in total. The number of hydrogen-bond donors (Lipinski definition) is 1. The van der Waals surface area contributed by atoms with Crippen molar-refractivity contribution in [1.82, 2.24) is 15.3 Å². The molecule has 0 radical (unpaired) electrons. The fourth-order valence-electron chi connectivity index (χ4n) is 2.39. The van der Waals surface area contributed by atoms with Crippen molar-refractivity contribution in [2.75, 3.05) is 0 Å². The first-order valence-corrected chi connectivity index (χ1v) is 7.44. The molecular formula is C19H17N3O. The van der Waals surface area contributed by atoms with Crippen molar-refractivity contribution in [1.29, 1.82) is 0 Å². The Balaban J connectivity index is 1.92. The molecule has 2 heterocycles. The lowest BCUT2D eigenvalue weighted by Crippen LogP contribution is -2.30. The molecule has 0 aliphatic rings. The van der Waals surface area contributed by atoms with E-state index >= 15 is 0 Å². The highest BCUT2D eigenvalue weighted by atomic mass is 16.1. The summed E-state index contributed by atoms with van der Waals surface area (Å²) in [5, 5.41) is 3.03. The minimum absolute atomic E-state index is 0.215.